The topological polar surface area (TPSA) is 121 Å². The number of allylic oxidation sites excluding steroid dienone is 10. The Morgan fingerprint density at radius 2 is 1.56 bits per heavy atom. The first-order valence-electron chi connectivity index (χ1n) is 10.8. The highest BCUT2D eigenvalue weighted by Crippen LogP contribution is 2.20. The fourth-order valence-electron chi connectivity index (χ4n) is 2.35. The lowest BCUT2D eigenvalue weighted by atomic mass is 10.1. The van der Waals surface area contributed by atoms with Crippen LogP contribution in [0.1, 0.15) is 45.4 Å². The van der Waals surface area contributed by atoms with E-state index in [1.165, 1.54) is 11.8 Å². The summed E-state index contributed by atoms with van der Waals surface area (Å²) in [6, 6.07) is -0.957. The van der Waals surface area contributed by atoms with Gasteiger partial charge in [-0.3, -0.25) is 9.59 Å². The SMILES string of the molecule is CCC=CC[C@H](O)[C@@H](C=CC=CC=CCC=CCC=CCCC(=O)O)SC[C@H](N)C(=O)O. The van der Waals surface area contributed by atoms with Crippen molar-refractivity contribution in [2.45, 2.75) is 62.8 Å². The Morgan fingerprint density at radius 3 is 2.22 bits per heavy atom. The van der Waals surface area contributed by atoms with Crippen LogP contribution in [0.3, 0.4) is 0 Å². The Kier molecular flexibility index (Phi) is 19.0. The molecule has 0 aromatic carbocycles. The van der Waals surface area contributed by atoms with Crippen LogP contribution < -0.4 is 5.73 Å². The summed E-state index contributed by atoms with van der Waals surface area (Å²) >= 11 is 1.34. The van der Waals surface area contributed by atoms with Crippen molar-refractivity contribution >= 4 is 23.7 Å². The van der Waals surface area contributed by atoms with Crippen molar-refractivity contribution in [2.24, 2.45) is 5.73 Å². The Balaban J connectivity index is 4.44. The molecule has 0 aromatic rings. The predicted molar refractivity (Wildman–Crippen MR) is 134 cm³/mol. The van der Waals surface area contributed by atoms with Crippen LogP contribution in [0.2, 0.25) is 0 Å². The molecule has 3 atom stereocenters. The van der Waals surface area contributed by atoms with Crippen LogP contribution in [0.15, 0.2) is 72.9 Å². The van der Waals surface area contributed by atoms with Crippen molar-refractivity contribution < 1.29 is 24.9 Å². The highest BCUT2D eigenvalue weighted by Gasteiger charge is 2.19. The summed E-state index contributed by atoms with van der Waals surface area (Å²) in [4.78, 5) is 21.3. The second-order valence-corrected chi connectivity index (χ2v) is 8.18. The number of carboxylic acids is 2. The van der Waals surface area contributed by atoms with Crippen LogP contribution in [0.4, 0.5) is 0 Å². The first-order chi connectivity index (χ1) is 15.4. The third kappa shape index (κ3) is 18.4. The van der Waals surface area contributed by atoms with Crippen molar-refractivity contribution in [1.82, 2.24) is 0 Å². The summed E-state index contributed by atoms with van der Waals surface area (Å²) in [6.07, 6.45) is 26.3. The van der Waals surface area contributed by atoms with Gasteiger partial charge in [-0.2, -0.15) is 0 Å². The Morgan fingerprint density at radius 1 is 0.906 bits per heavy atom. The minimum absolute atomic E-state index is 0.161. The quantitative estimate of drug-likeness (QED) is 0.172. The zero-order chi connectivity index (χ0) is 24.0. The molecular formula is C25H37NO5S. The van der Waals surface area contributed by atoms with Gasteiger partial charge < -0.3 is 21.1 Å². The normalized spacial score (nSPS) is 15.7. The third-order valence-electron chi connectivity index (χ3n) is 4.12. The van der Waals surface area contributed by atoms with E-state index in [0.29, 0.717) is 12.8 Å². The van der Waals surface area contributed by atoms with Gasteiger partial charge in [0.05, 0.1) is 6.10 Å². The van der Waals surface area contributed by atoms with Crippen molar-refractivity contribution in [3.63, 3.8) is 0 Å². The van der Waals surface area contributed by atoms with E-state index in [4.69, 9.17) is 15.9 Å². The second kappa shape index (κ2) is 20.5. The lowest BCUT2D eigenvalue weighted by Gasteiger charge is -2.19. The lowest BCUT2D eigenvalue weighted by molar-refractivity contribution is -0.138. The smallest absolute Gasteiger partial charge is 0.321 e. The highest BCUT2D eigenvalue weighted by atomic mass is 32.2. The van der Waals surface area contributed by atoms with E-state index in [9.17, 15) is 14.7 Å². The number of hydrogen-bond acceptors (Lipinski definition) is 5. The number of carbonyl (C=O) groups is 2. The van der Waals surface area contributed by atoms with E-state index in [2.05, 4.69) is 0 Å². The van der Waals surface area contributed by atoms with E-state index in [-0.39, 0.29) is 17.4 Å². The molecule has 5 N–H and O–H groups in total. The first kappa shape index (κ1) is 29.7. The Labute approximate surface area is 196 Å². The van der Waals surface area contributed by atoms with E-state index in [1.807, 2.05) is 79.8 Å². The fraction of sp³-hybridized carbons (Fsp3) is 0.440. The van der Waals surface area contributed by atoms with Crippen LogP contribution in [0.5, 0.6) is 0 Å². The molecule has 0 aliphatic carbocycles. The summed E-state index contributed by atoms with van der Waals surface area (Å²) in [7, 11) is 0. The van der Waals surface area contributed by atoms with Gasteiger partial charge in [0.25, 0.3) is 0 Å². The molecule has 0 fully saturated rings. The molecule has 0 bridgehead atoms. The third-order valence-corrected chi connectivity index (χ3v) is 5.53. The summed E-state index contributed by atoms with van der Waals surface area (Å²) in [5.74, 6) is -1.60. The summed E-state index contributed by atoms with van der Waals surface area (Å²) in [6.45, 7) is 2.03. The number of aliphatic carboxylic acids is 2. The standard InChI is InChI=1S/C25H37NO5S/c1-2-3-14-17-22(27)23(32-20-21(26)25(30)31)18-15-12-10-8-6-4-5-7-9-11-13-16-19-24(28)29/h3,5-8,10-15,18,21-23,27H,2,4,9,16-17,19-20,26H2,1H3,(H,28,29)(H,30,31)/t21-,22-,23+/m0/s1. The lowest BCUT2D eigenvalue weighted by Crippen LogP contribution is -2.34. The molecule has 32 heavy (non-hydrogen) atoms. The molecule has 0 radical (unpaired) electrons. The zero-order valence-electron chi connectivity index (χ0n) is 18.8. The monoisotopic (exact) mass is 463 g/mol. The second-order valence-electron chi connectivity index (χ2n) is 6.97. The molecule has 0 aliphatic heterocycles. The van der Waals surface area contributed by atoms with E-state index in [1.54, 1.807) is 0 Å². The maximum Gasteiger partial charge on any atom is 0.321 e. The van der Waals surface area contributed by atoms with Crippen molar-refractivity contribution in [1.29, 1.82) is 0 Å². The van der Waals surface area contributed by atoms with Crippen LogP contribution in [-0.2, 0) is 9.59 Å². The average Bonchev–Trinajstić information content (AvgIpc) is 2.75. The number of hydrogen-bond donors (Lipinski definition) is 4. The van der Waals surface area contributed by atoms with Crippen molar-refractivity contribution in [3.8, 4) is 0 Å². The number of aliphatic hydroxyl groups excluding tert-OH is 1. The van der Waals surface area contributed by atoms with Gasteiger partial charge in [0, 0.05) is 17.4 Å². The maximum absolute atomic E-state index is 10.9. The van der Waals surface area contributed by atoms with E-state index >= 15 is 0 Å². The molecule has 0 amide bonds. The number of aliphatic hydroxyl groups is 1. The van der Waals surface area contributed by atoms with Gasteiger partial charge in [0.15, 0.2) is 0 Å². The number of rotatable bonds is 18. The molecule has 0 unspecified atom stereocenters. The predicted octanol–water partition coefficient (Wildman–Crippen LogP) is 4.64. The molecule has 0 aliphatic rings. The molecule has 6 nitrogen and oxygen atoms in total. The van der Waals surface area contributed by atoms with Crippen LogP contribution in [0.25, 0.3) is 0 Å². The molecule has 7 heteroatoms. The molecule has 0 heterocycles. The highest BCUT2D eigenvalue weighted by molar-refractivity contribution is 8.00. The van der Waals surface area contributed by atoms with Gasteiger partial charge in [-0.05, 0) is 32.1 Å². The Bertz CT molecular complexity index is 694. The van der Waals surface area contributed by atoms with Gasteiger partial charge in [-0.1, -0.05) is 79.8 Å². The minimum Gasteiger partial charge on any atom is -0.481 e. The van der Waals surface area contributed by atoms with Gasteiger partial charge in [0.1, 0.15) is 6.04 Å². The Hall–Kier alpha value is -2.35. The molecule has 0 spiro atoms. The summed E-state index contributed by atoms with van der Waals surface area (Å²) < 4.78 is 0. The van der Waals surface area contributed by atoms with Crippen molar-refractivity contribution in [3.05, 3.63) is 72.9 Å². The fourth-order valence-corrected chi connectivity index (χ4v) is 3.45. The van der Waals surface area contributed by atoms with Crippen molar-refractivity contribution in [2.75, 3.05) is 5.75 Å². The molecule has 0 saturated carbocycles. The summed E-state index contributed by atoms with van der Waals surface area (Å²) in [5, 5.41) is 27.7. The van der Waals surface area contributed by atoms with E-state index in [0.717, 1.165) is 19.3 Å². The summed E-state index contributed by atoms with van der Waals surface area (Å²) in [5.41, 5.74) is 5.58. The molecule has 0 aromatic heterocycles. The largest absolute Gasteiger partial charge is 0.481 e. The van der Waals surface area contributed by atoms with Gasteiger partial charge in [-0.15, -0.1) is 11.8 Å². The molecule has 0 saturated heterocycles. The van der Waals surface area contributed by atoms with Gasteiger partial charge in [-0.25, -0.2) is 0 Å². The number of thioether (sulfide) groups is 1. The van der Waals surface area contributed by atoms with Gasteiger partial charge in [0.2, 0.25) is 0 Å². The van der Waals surface area contributed by atoms with Crippen LogP contribution in [0, 0.1) is 0 Å². The number of nitrogens with two attached hydrogens (primary N) is 1. The van der Waals surface area contributed by atoms with Crippen LogP contribution in [-0.4, -0.2) is 50.4 Å². The average molecular weight is 464 g/mol. The van der Waals surface area contributed by atoms with Crippen LogP contribution >= 0.6 is 11.8 Å². The molecule has 178 valence electrons. The molecular weight excluding hydrogens is 426 g/mol. The zero-order valence-corrected chi connectivity index (χ0v) is 19.6. The maximum atomic E-state index is 10.9. The molecule has 0 rings (SSSR count). The number of carboxylic acid groups (broad SMARTS) is 2. The van der Waals surface area contributed by atoms with E-state index < -0.39 is 24.1 Å². The van der Waals surface area contributed by atoms with Gasteiger partial charge >= 0.3 is 11.9 Å². The first-order valence-corrected chi connectivity index (χ1v) is 11.9. The minimum atomic E-state index is -1.05.